The van der Waals surface area contributed by atoms with Crippen molar-refractivity contribution in [3.05, 3.63) is 56.7 Å². The number of aromatic nitrogens is 2. The number of nitrogens with one attached hydrogen (secondary N) is 1. The minimum absolute atomic E-state index is 0.279. The molecule has 2 heterocycles. The number of nitrogens with zero attached hydrogens (tertiary/aromatic N) is 1. The molecule has 8 heteroatoms. The number of benzene rings is 1. The number of aromatic amines is 1. The molecule has 1 aromatic carbocycles. The Morgan fingerprint density at radius 2 is 2.08 bits per heavy atom. The predicted molar refractivity (Wildman–Crippen MR) is 92.3 cm³/mol. The number of esters is 1. The zero-order valence-electron chi connectivity index (χ0n) is 12.9. The molecule has 0 fully saturated rings. The summed E-state index contributed by atoms with van der Waals surface area (Å²) < 4.78 is 17.6. The van der Waals surface area contributed by atoms with E-state index in [4.69, 9.17) is 4.74 Å². The number of methoxy groups -OCH3 is 1. The normalized spacial score (nSPS) is 11.0. The first-order valence-corrected chi connectivity index (χ1v) is 8.78. The third-order valence-corrected chi connectivity index (χ3v) is 5.60. The molecule has 0 aliphatic rings. The predicted octanol–water partition coefficient (Wildman–Crippen LogP) is 3.51. The van der Waals surface area contributed by atoms with Gasteiger partial charge in [0.25, 0.3) is 5.56 Å². The van der Waals surface area contributed by atoms with E-state index in [9.17, 15) is 14.0 Å². The van der Waals surface area contributed by atoms with E-state index < -0.39 is 5.97 Å². The van der Waals surface area contributed by atoms with Crippen molar-refractivity contribution in [1.82, 2.24) is 9.97 Å². The van der Waals surface area contributed by atoms with E-state index in [0.717, 1.165) is 16.2 Å². The number of thioether (sulfide) groups is 1. The zero-order valence-corrected chi connectivity index (χ0v) is 14.5. The largest absolute Gasteiger partial charge is 0.465 e. The molecular formula is C16H13FN2O3S2. The van der Waals surface area contributed by atoms with Crippen LogP contribution in [0.4, 0.5) is 4.39 Å². The standard InChI is InChI=1S/C16H13FN2O3S2/c1-8-12-14(20)18-11(7-23-10-5-3-9(17)4-6-10)19-15(12)24-13(8)16(21)22-2/h3-6H,7H2,1-2H3,(H,18,19,20). The van der Waals surface area contributed by atoms with Crippen LogP contribution < -0.4 is 5.56 Å². The fourth-order valence-electron chi connectivity index (χ4n) is 2.23. The molecule has 0 radical (unpaired) electrons. The van der Waals surface area contributed by atoms with Crippen LogP contribution in [0.15, 0.2) is 34.0 Å². The van der Waals surface area contributed by atoms with Gasteiger partial charge in [-0.15, -0.1) is 23.1 Å². The number of carbonyl (C=O) groups excluding carboxylic acids is 1. The summed E-state index contributed by atoms with van der Waals surface area (Å²) in [5.74, 6) is 0.162. The maximum Gasteiger partial charge on any atom is 0.348 e. The number of thiophene rings is 1. The Bertz CT molecular complexity index is 964. The van der Waals surface area contributed by atoms with Gasteiger partial charge < -0.3 is 9.72 Å². The van der Waals surface area contributed by atoms with Crippen LogP contribution in [0.1, 0.15) is 21.1 Å². The molecule has 3 aromatic rings. The van der Waals surface area contributed by atoms with Gasteiger partial charge in [-0.2, -0.15) is 0 Å². The minimum atomic E-state index is -0.475. The number of hydrogen-bond donors (Lipinski definition) is 1. The Kier molecular flexibility index (Phi) is 4.68. The molecule has 0 aliphatic heterocycles. The van der Waals surface area contributed by atoms with Gasteiger partial charge in [0, 0.05) is 4.90 Å². The van der Waals surface area contributed by atoms with Crippen molar-refractivity contribution in [3.8, 4) is 0 Å². The fraction of sp³-hybridized carbons (Fsp3) is 0.188. The lowest BCUT2D eigenvalue weighted by Crippen LogP contribution is -2.11. The lowest BCUT2D eigenvalue weighted by molar-refractivity contribution is 0.0605. The number of ether oxygens (including phenoxy) is 1. The third-order valence-electron chi connectivity index (χ3n) is 3.41. The molecule has 0 aliphatic carbocycles. The van der Waals surface area contributed by atoms with Crippen LogP contribution in [0, 0.1) is 12.7 Å². The summed E-state index contributed by atoms with van der Waals surface area (Å²) in [6, 6.07) is 6.10. The topological polar surface area (TPSA) is 72.0 Å². The quantitative estimate of drug-likeness (QED) is 0.567. The van der Waals surface area contributed by atoms with Gasteiger partial charge in [-0.05, 0) is 36.8 Å². The minimum Gasteiger partial charge on any atom is -0.465 e. The van der Waals surface area contributed by atoms with E-state index in [1.165, 1.54) is 31.0 Å². The van der Waals surface area contributed by atoms with Gasteiger partial charge in [-0.1, -0.05) is 0 Å². The van der Waals surface area contributed by atoms with E-state index in [2.05, 4.69) is 9.97 Å². The van der Waals surface area contributed by atoms with E-state index in [-0.39, 0.29) is 11.4 Å². The maximum atomic E-state index is 12.9. The SMILES string of the molecule is COC(=O)c1sc2nc(CSc3ccc(F)cc3)[nH]c(=O)c2c1C. The monoisotopic (exact) mass is 364 g/mol. The highest BCUT2D eigenvalue weighted by Crippen LogP contribution is 2.28. The molecule has 0 unspecified atom stereocenters. The van der Waals surface area contributed by atoms with Crippen molar-refractivity contribution in [2.75, 3.05) is 7.11 Å². The third kappa shape index (κ3) is 3.20. The molecule has 0 amide bonds. The Morgan fingerprint density at radius 3 is 2.75 bits per heavy atom. The average molecular weight is 364 g/mol. The molecule has 1 N–H and O–H groups in total. The van der Waals surface area contributed by atoms with Crippen molar-refractivity contribution < 1.29 is 13.9 Å². The van der Waals surface area contributed by atoms with E-state index in [1.807, 2.05) is 0 Å². The van der Waals surface area contributed by atoms with E-state index in [1.54, 1.807) is 19.1 Å². The Labute approximate surface area is 144 Å². The van der Waals surface area contributed by atoms with Crippen LogP contribution in [0.25, 0.3) is 10.2 Å². The van der Waals surface area contributed by atoms with E-state index in [0.29, 0.717) is 32.2 Å². The second-order valence-corrected chi connectivity index (χ2v) is 7.03. The van der Waals surface area contributed by atoms with Crippen LogP contribution in [0.2, 0.25) is 0 Å². The molecule has 3 rings (SSSR count). The molecule has 0 saturated carbocycles. The number of halogens is 1. The van der Waals surface area contributed by atoms with Crippen molar-refractivity contribution in [2.45, 2.75) is 17.6 Å². The maximum absolute atomic E-state index is 12.9. The molecule has 0 bridgehead atoms. The second-order valence-electron chi connectivity index (χ2n) is 4.98. The molecule has 124 valence electrons. The average Bonchev–Trinajstić information content (AvgIpc) is 2.91. The molecule has 0 atom stereocenters. The van der Waals surface area contributed by atoms with Crippen LogP contribution in [-0.2, 0) is 10.5 Å². The van der Waals surface area contributed by atoms with Crippen molar-refractivity contribution in [2.24, 2.45) is 0 Å². The van der Waals surface area contributed by atoms with Crippen molar-refractivity contribution in [1.29, 1.82) is 0 Å². The molecule has 5 nitrogen and oxygen atoms in total. The first-order chi connectivity index (χ1) is 11.5. The summed E-state index contributed by atoms with van der Waals surface area (Å²) in [4.78, 5) is 33.0. The smallest absolute Gasteiger partial charge is 0.348 e. The zero-order chi connectivity index (χ0) is 17.3. The molecule has 0 spiro atoms. The van der Waals surface area contributed by atoms with Crippen LogP contribution >= 0.6 is 23.1 Å². The van der Waals surface area contributed by atoms with Gasteiger partial charge in [0.2, 0.25) is 0 Å². The van der Waals surface area contributed by atoms with Crippen LogP contribution in [0.5, 0.6) is 0 Å². The number of carbonyl (C=O) groups is 1. The molecular weight excluding hydrogens is 351 g/mol. The first-order valence-electron chi connectivity index (χ1n) is 6.98. The van der Waals surface area contributed by atoms with Crippen LogP contribution in [-0.4, -0.2) is 23.0 Å². The summed E-state index contributed by atoms with van der Waals surface area (Å²) in [7, 11) is 1.30. The van der Waals surface area contributed by atoms with Gasteiger partial charge in [0.05, 0.1) is 18.2 Å². The fourth-order valence-corrected chi connectivity index (χ4v) is 4.11. The van der Waals surface area contributed by atoms with E-state index >= 15 is 0 Å². The highest BCUT2D eigenvalue weighted by atomic mass is 32.2. The summed E-state index contributed by atoms with van der Waals surface area (Å²) in [5, 5.41) is 0.413. The van der Waals surface area contributed by atoms with Gasteiger partial charge >= 0.3 is 5.97 Å². The first kappa shape index (κ1) is 16.7. The number of hydrogen-bond acceptors (Lipinski definition) is 6. The molecule has 24 heavy (non-hydrogen) atoms. The van der Waals surface area contributed by atoms with Crippen LogP contribution in [0.3, 0.4) is 0 Å². The number of H-pyrrole nitrogens is 1. The number of rotatable bonds is 4. The highest BCUT2D eigenvalue weighted by Gasteiger charge is 2.19. The summed E-state index contributed by atoms with van der Waals surface area (Å²) in [6.45, 7) is 1.70. The Balaban J connectivity index is 1.91. The lowest BCUT2D eigenvalue weighted by atomic mass is 10.2. The Hall–Kier alpha value is -2.19. The van der Waals surface area contributed by atoms with Crippen molar-refractivity contribution in [3.63, 3.8) is 0 Å². The molecule has 0 saturated heterocycles. The Morgan fingerprint density at radius 1 is 1.38 bits per heavy atom. The van der Waals surface area contributed by atoms with Gasteiger partial charge in [-0.3, -0.25) is 4.79 Å². The van der Waals surface area contributed by atoms with Gasteiger partial charge in [0.1, 0.15) is 21.3 Å². The summed E-state index contributed by atoms with van der Waals surface area (Å²) >= 11 is 2.58. The molecule has 2 aromatic heterocycles. The summed E-state index contributed by atoms with van der Waals surface area (Å²) in [6.07, 6.45) is 0. The second kappa shape index (κ2) is 6.74. The summed E-state index contributed by atoms with van der Waals surface area (Å²) in [5.41, 5.74) is 0.298. The number of fused-ring (bicyclic) bond motifs is 1. The van der Waals surface area contributed by atoms with Gasteiger partial charge in [0.15, 0.2) is 0 Å². The lowest BCUT2D eigenvalue weighted by Gasteiger charge is -2.02. The highest BCUT2D eigenvalue weighted by molar-refractivity contribution is 7.98. The van der Waals surface area contributed by atoms with Gasteiger partial charge in [-0.25, -0.2) is 14.2 Å². The van der Waals surface area contributed by atoms with Crippen molar-refractivity contribution >= 4 is 39.3 Å². The number of aryl methyl sites for hydroxylation is 1.